The number of hydrogen-bond acceptors (Lipinski definition) is 9. The third-order valence-electron chi connectivity index (χ3n) is 2.76. The van der Waals surface area contributed by atoms with Crippen molar-refractivity contribution in [3.05, 3.63) is 0 Å². The van der Waals surface area contributed by atoms with Crippen molar-refractivity contribution in [2.45, 2.75) is 42.4 Å². The Morgan fingerprint density at radius 1 is 0.429 bits per heavy atom. The summed E-state index contributed by atoms with van der Waals surface area (Å²) >= 11 is 0. The molecule has 0 unspecified atom stereocenters. The maximum absolute atomic E-state index is 11.8. The first-order valence-corrected chi connectivity index (χ1v) is 13.6. The van der Waals surface area contributed by atoms with Crippen LogP contribution in [0, 0.1) is 0 Å². The van der Waals surface area contributed by atoms with E-state index in [1.54, 1.807) is 0 Å². The van der Waals surface area contributed by atoms with E-state index in [1.165, 1.54) is 0 Å². The van der Waals surface area contributed by atoms with Crippen LogP contribution in [0.2, 0.25) is 0 Å². The number of halogens is 15. The minimum Gasteiger partial charge on any atom is -0.394 e. The first-order chi connectivity index (χ1) is 17.7. The van der Waals surface area contributed by atoms with Gasteiger partial charge >= 0.3 is 36.3 Å². The summed E-state index contributed by atoms with van der Waals surface area (Å²) in [4.78, 5) is 0. The van der Waals surface area contributed by atoms with Crippen molar-refractivity contribution in [1.82, 2.24) is 0 Å². The van der Waals surface area contributed by atoms with Gasteiger partial charge in [0.1, 0.15) is 23.4 Å². The summed E-state index contributed by atoms with van der Waals surface area (Å²) in [5.74, 6) is -24.2. The summed E-state index contributed by atoms with van der Waals surface area (Å²) in [6.07, 6.45) is -18.9. The lowest BCUT2D eigenvalue weighted by molar-refractivity contribution is -0.271. The van der Waals surface area contributed by atoms with E-state index < -0.39 is 90.0 Å². The highest BCUT2D eigenvalue weighted by atomic mass is 32.2. The molecule has 30 heteroatoms. The Labute approximate surface area is 224 Å². The average molecular weight is 734 g/mol. The second-order valence-corrected chi connectivity index (χ2v) is 11.2. The van der Waals surface area contributed by atoms with Gasteiger partial charge in [-0.3, -0.25) is 13.7 Å². The molecule has 0 bridgehead atoms. The molecule has 0 radical (unpaired) electrons. The van der Waals surface area contributed by atoms with Crippen LogP contribution >= 0.6 is 0 Å². The van der Waals surface area contributed by atoms with Crippen LogP contribution in [0.1, 0.15) is 0 Å². The zero-order valence-corrected chi connectivity index (χ0v) is 21.6. The number of rotatable bonds is 8. The fraction of sp³-hybridized carbons (Fsp3) is 1.00. The standard InChI is InChI=1S/3C3H3F5O3S.C3H8O3/c3*4-2(5,3(6,7)8)1-12(9,10)11;4-1-3(6)2-5/h3*1H2,(H,9,10,11);3-6H,1-2H2. The third-order valence-corrected chi connectivity index (χ3v) is 4.94. The number of hydrogen-bond donors (Lipinski definition) is 6. The molecule has 0 aliphatic heterocycles. The summed E-state index contributed by atoms with van der Waals surface area (Å²) < 4.78 is 253. The Morgan fingerprint density at radius 3 is 0.595 bits per heavy atom. The van der Waals surface area contributed by atoms with Gasteiger partial charge in [0.2, 0.25) is 0 Å². The zero-order chi connectivity index (χ0) is 35.6. The van der Waals surface area contributed by atoms with Crippen molar-refractivity contribution in [3.8, 4) is 0 Å². The Balaban J connectivity index is -0.000000235. The van der Waals surface area contributed by atoms with Crippen LogP contribution in [0.25, 0.3) is 0 Å². The monoisotopic (exact) mass is 734 g/mol. The summed E-state index contributed by atoms with van der Waals surface area (Å²) in [5.41, 5.74) is 0. The molecule has 42 heavy (non-hydrogen) atoms. The molecule has 0 saturated carbocycles. The normalized spacial score (nSPS) is 14.1. The van der Waals surface area contributed by atoms with Gasteiger partial charge in [-0.2, -0.15) is 91.1 Å². The second-order valence-electron chi connectivity index (χ2n) is 6.80. The average Bonchev–Trinajstić information content (AvgIpc) is 2.60. The zero-order valence-electron chi connectivity index (χ0n) is 19.1. The smallest absolute Gasteiger partial charge is 0.394 e. The fourth-order valence-electron chi connectivity index (χ4n) is 0.990. The van der Waals surface area contributed by atoms with Crippen LogP contribution in [-0.4, -0.2) is 127 Å². The summed E-state index contributed by atoms with van der Waals surface area (Å²) in [7, 11) is -16.0. The lowest BCUT2D eigenvalue weighted by Crippen LogP contribution is -2.42. The van der Waals surface area contributed by atoms with Crippen molar-refractivity contribution < 1.29 is 120 Å². The van der Waals surface area contributed by atoms with Crippen LogP contribution in [0.3, 0.4) is 0 Å². The fourth-order valence-corrected chi connectivity index (χ4v) is 2.86. The molecule has 0 aromatic carbocycles. The lowest BCUT2D eigenvalue weighted by atomic mass is 10.4. The van der Waals surface area contributed by atoms with Crippen LogP contribution < -0.4 is 0 Å². The van der Waals surface area contributed by atoms with E-state index in [2.05, 4.69) is 0 Å². The second kappa shape index (κ2) is 16.0. The molecular weight excluding hydrogens is 717 g/mol. The lowest BCUT2D eigenvalue weighted by Gasteiger charge is -2.17. The van der Waals surface area contributed by atoms with Gasteiger partial charge in [-0.25, -0.2) is 0 Å². The van der Waals surface area contributed by atoms with Crippen LogP contribution in [0.5, 0.6) is 0 Å². The molecule has 0 amide bonds. The first kappa shape index (κ1) is 47.5. The maximum atomic E-state index is 11.8. The van der Waals surface area contributed by atoms with Crippen molar-refractivity contribution in [2.75, 3.05) is 30.5 Å². The first-order valence-electron chi connectivity index (χ1n) is 8.77. The Morgan fingerprint density at radius 2 is 0.571 bits per heavy atom. The summed E-state index contributed by atoms with van der Waals surface area (Å²) in [6, 6.07) is 0. The highest BCUT2D eigenvalue weighted by molar-refractivity contribution is 7.86. The van der Waals surface area contributed by atoms with Crippen molar-refractivity contribution in [1.29, 1.82) is 0 Å². The van der Waals surface area contributed by atoms with E-state index in [4.69, 9.17) is 29.0 Å². The molecular formula is C12H17F15O12S3. The molecule has 0 aromatic heterocycles. The molecule has 0 aliphatic rings. The SMILES string of the molecule is O=S(=O)(O)CC(F)(F)C(F)(F)F.O=S(=O)(O)CC(F)(F)C(F)(F)F.O=S(=O)(O)CC(F)(F)C(F)(F)F.OCC(O)CO. The third kappa shape index (κ3) is 24.0. The predicted octanol–water partition coefficient (Wildman–Crippen LogP) is 1.55. The van der Waals surface area contributed by atoms with Crippen LogP contribution in [0.15, 0.2) is 0 Å². The van der Waals surface area contributed by atoms with Crippen molar-refractivity contribution in [2.24, 2.45) is 0 Å². The molecule has 12 nitrogen and oxygen atoms in total. The molecule has 0 rings (SSSR count). The summed E-state index contributed by atoms with van der Waals surface area (Å²) in [5, 5.41) is 24.0. The minimum atomic E-state index is -5.97. The molecule has 0 spiro atoms. The molecule has 0 heterocycles. The van der Waals surface area contributed by atoms with Crippen LogP contribution in [0.4, 0.5) is 65.9 Å². The number of alkyl halides is 15. The van der Waals surface area contributed by atoms with Crippen molar-refractivity contribution >= 4 is 30.4 Å². The molecule has 0 saturated heterocycles. The van der Waals surface area contributed by atoms with Gasteiger partial charge in [0.25, 0.3) is 30.4 Å². The van der Waals surface area contributed by atoms with E-state index in [9.17, 15) is 91.1 Å². The topological polar surface area (TPSA) is 224 Å². The quantitative estimate of drug-likeness (QED) is 0.154. The van der Waals surface area contributed by atoms with Gasteiger partial charge in [-0.05, 0) is 0 Å². The van der Waals surface area contributed by atoms with Crippen LogP contribution in [-0.2, 0) is 30.4 Å². The predicted molar refractivity (Wildman–Crippen MR) is 102 cm³/mol. The van der Waals surface area contributed by atoms with Crippen molar-refractivity contribution in [3.63, 3.8) is 0 Å². The highest BCUT2D eigenvalue weighted by Crippen LogP contribution is 2.37. The van der Waals surface area contributed by atoms with Gasteiger partial charge in [0.05, 0.1) is 13.2 Å². The Bertz CT molecular complexity index is 974. The van der Waals surface area contributed by atoms with E-state index >= 15 is 0 Å². The minimum absolute atomic E-state index is 0.365. The van der Waals surface area contributed by atoms with E-state index in [0.717, 1.165) is 0 Å². The molecule has 0 atom stereocenters. The number of aliphatic hydroxyl groups is 3. The van der Waals surface area contributed by atoms with Gasteiger partial charge in [0.15, 0.2) is 0 Å². The number of aliphatic hydroxyl groups excluding tert-OH is 3. The molecule has 260 valence electrons. The molecule has 0 aromatic rings. The maximum Gasteiger partial charge on any atom is 0.454 e. The van der Waals surface area contributed by atoms with E-state index in [-0.39, 0.29) is 13.2 Å². The van der Waals surface area contributed by atoms with Gasteiger partial charge in [0, 0.05) is 0 Å². The van der Waals surface area contributed by atoms with Gasteiger partial charge in [-0.15, -0.1) is 0 Å². The Hall–Kier alpha value is -1.44. The van der Waals surface area contributed by atoms with E-state index in [1.807, 2.05) is 0 Å². The van der Waals surface area contributed by atoms with Gasteiger partial charge in [-0.1, -0.05) is 0 Å². The molecule has 0 aliphatic carbocycles. The largest absolute Gasteiger partial charge is 0.454 e. The van der Waals surface area contributed by atoms with E-state index in [0.29, 0.717) is 0 Å². The Kier molecular flexibility index (Phi) is 18.1. The van der Waals surface area contributed by atoms with Gasteiger partial charge < -0.3 is 15.3 Å². The highest BCUT2D eigenvalue weighted by Gasteiger charge is 2.61. The molecule has 0 fully saturated rings. The summed E-state index contributed by atoms with van der Waals surface area (Å²) in [6.45, 7) is -0.729. The molecule has 6 N–H and O–H groups in total.